The summed E-state index contributed by atoms with van der Waals surface area (Å²) in [4.78, 5) is 25.5. The van der Waals surface area contributed by atoms with Gasteiger partial charge in [-0.3, -0.25) is 9.59 Å². The Bertz CT molecular complexity index is 528. The predicted molar refractivity (Wildman–Crippen MR) is 78.3 cm³/mol. The molecule has 20 heavy (non-hydrogen) atoms. The molecule has 0 radical (unpaired) electrons. The number of thiophene rings is 1. The average Bonchev–Trinajstić information content (AvgIpc) is 2.88. The quantitative estimate of drug-likeness (QED) is 0.762. The Hall–Kier alpha value is -1.84. The van der Waals surface area contributed by atoms with E-state index >= 15 is 0 Å². The molecule has 6 heteroatoms. The lowest BCUT2D eigenvalue weighted by Gasteiger charge is -2.20. The number of hydrogen-bond acceptors (Lipinski definition) is 4. The lowest BCUT2D eigenvalue weighted by Crippen LogP contribution is -2.38. The summed E-state index contributed by atoms with van der Waals surface area (Å²) < 4.78 is 0. The monoisotopic (exact) mass is 294 g/mol. The van der Waals surface area contributed by atoms with Gasteiger partial charge in [0.2, 0.25) is 5.91 Å². The molecule has 1 heterocycles. The number of primary amides is 1. The van der Waals surface area contributed by atoms with E-state index in [4.69, 9.17) is 10.8 Å². The summed E-state index contributed by atoms with van der Waals surface area (Å²) in [6.07, 6.45) is 1.75. The van der Waals surface area contributed by atoms with Crippen LogP contribution in [0.15, 0.2) is 11.4 Å². The number of amides is 2. The second kappa shape index (κ2) is 8.35. The number of carbonyl (C=O) groups excluding carboxylic acids is 2. The fourth-order valence-electron chi connectivity index (χ4n) is 1.61. The summed E-state index contributed by atoms with van der Waals surface area (Å²) in [6, 6.07) is 1.66. The largest absolute Gasteiger partial charge is 0.384 e. The second-order valence-electron chi connectivity index (χ2n) is 4.21. The minimum atomic E-state index is -0.523. The van der Waals surface area contributed by atoms with Crippen LogP contribution in [0.1, 0.15) is 35.0 Å². The van der Waals surface area contributed by atoms with Crippen LogP contribution in [0.25, 0.3) is 0 Å². The van der Waals surface area contributed by atoms with Gasteiger partial charge in [0.1, 0.15) is 6.61 Å². The molecular formula is C14H18N2O3S. The molecule has 0 atom stereocenters. The van der Waals surface area contributed by atoms with Crippen molar-refractivity contribution in [2.75, 3.05) is 19.7 Å². The lowest BCUT2D eigenvalue weighted by atomic mass is 10.2. The highest BCUT2D eigenvalue weighted by molar-refractivity contribution is 7.10. The summed E-state index contributed by atoms with van der Waals surface area (Å²) in [5.74, 6) is 4.54. The first-order chi connectivity index (χ1) is 9.58. The number of aliphatic hydroxyl groups is 1. The average molecular weight is 294 g/mol. The van der Waals surface area contributed by atoms with Crippen LogP contribution in [0, 0.1) is 11.8 Å². The van der Waals surface area contributed by atoms with Gasteiger partial charge in [0.15, 0.2) is 0 Å². The number of unbranched alkanes of at least 4 members (excludes halogenated alkanes) is 1. The number of nitrogens with zero attached hydrogens (tertiary/aromatic N) is 1. The van der Waals surface area contributed by atoms with Crippen LogP contribution in [-0.4, -0.2) is 41.5 Å². The molecule has 1 aromatic rings. The van der Waals surface area contributed by atoms with E-state index in [0.717, 1.165) is 12.8 Å². The van der Waals surface area contributed by atoms with Crippen molar-refractivity contribution in [1.29, 1.82) is 0 Å². The smallest absolute Gasteiger partial charge is 0.255 e. The first-order valence-electron chi connectivity index (χ1n) is 6.34. The Labute approximate surface area is 122 Å². The van der Waals surface area contributed by atoms with Crippen LogP contribution in [-0.2, 0) is 4.79 Å². The molecule has 0 bridgehead atoms. The van der Waals surface area contributed by atoms with Crippen molar-refractivity contribution in [3.05, 3.63) is 21.9 Å². The Balaban J connectivity index is 2.82. The number of aliphatic hydroxyl groups excluding tert-OH is 1. The van der Waals surface area contributed by atoms with E-state index in [2.05, 4.69) is 11.8 Å². The first kappa shape index (κ1) is 16.2. The molecule has 2 amide bonds. The Kier molecular flexibility index (Phi) is 6.77. The highest BCUT2D eigenvalue weighted by atomic mass is 32.1. The molecule has 0 aliphatic carbocycles. The molecular weight excluding hydrogens is 276 g/mol. The molecule has 1 aromatic heterocycles. The summed E-state index contributed by atoms with van der Waals surface area (Å²) >= 11 is 1.33. The maximum atomic E-state index is 12.3. The fourth-order valence-corrected chi connectivity index (χ4v) is 2.36. The molecule has 0 aliphatic rings. The van der Waals surface area contributed by atoms with Crippen LogP contribution in [0.3, 0.4) is 0 Å². The van der Waals surface area contributed by atoms with Crippen LogP contribution in [0.4, 0.5) is 0 Å². The number of nitrogens with two attached hydrogens (primary N) is 1. The Morgan fingerprint density at radius 3 is 2.85 bits per heavy atom. The van der Waals surface area contributed by atoms with E-state index < -0.39 is 5.91 Å². The Morgan fingerprint density at radius 2 is 2.25 bits per heavy atom. The predicted octanol–water partition coefficient (Wildman–Crippen LogP) is 0.819. The fraction of sp³-hybridized carbons (Fsp3) is 0.429. The van der Waals surface area contributed by atoms with Crippen LogP contribution >= 0.6 is 11.3 Å². The van der Waals surface area contributed by atoms with E-state index in [9.17, 15) is 9.59 Å². The molecule has 0 aromatic carbocycles. The van der Waals surface area contributed by atoms with Gasteiger partial charge in [0.25, 0.3) is 5.91 Å². The van der Waals surface area contributed by atoms with Gasteiger partial charge in [0.05, 0.1) is 17.0 Å². The zero-order valence-corrected chi connectivity index (χ0v) is 12.2. The van der Waals surface area contributed by atoms with Crippen molar-refractivity contribution in [2.45, 2.75) is 19.8 Å². The van der Waals surface area contributed by atoms with Gasteiger partial charge in [-0.05, 0) is 12.5 Å². The van der Waals surface area contributed by atoms with Crippen molar-refractivity contribution in [1.82, 2.24) is 4.90 Å². The van der Waals surface area contributed by atoms with Gasteiger partial charge in [-0.25, -0.2) is 0 Å². The zero-order valence-electron chi connectivity index (χ0n) is 11.4. The van der Waals surface area contributed by atoms with Gasteiger partial charge < -0.3 is 15.7 Å². The maximum Gasteiger partial charge on any atom is 0.255 e. The number of carbonyl (C=O) groups is 2. The molecule has 3 N–H and O–H groups in total. The molecule has 0 saturated heterocycles. The second-order valence-corrected chi connectivity index (χ2v) is 5.12. The number of rotatable bonds is 6. The van der Waals surface area contributed by atoms with E-state index in [1.807, 2.05) is 6.92 Å². The third-order valence-electron chi connectivity index (χ3n) is 2.55. The van der Waals surface area contributed by atoms with Crippen LogP contribution in [0.2, 0.25) is 0 Å². The highest BCUT2D eigenvalue weighted by Crippen LogP contribution is 2.16. The zero-order chi connectivity index (χ0) is 15.0. The Morgan fingerprint density at radius 1 is 1.50 bits per heavy atom. The summed E-state index contributed by atoms with van der Waals surface area (Å²) in [5.41, 5.74) is 5.67. The van der Waals surface area contributed by atoms with Crippen molar-refractivity contribution < 1.29 is 14.7 Å². The summed E-state index contributed by atoms with van der Waals surface area (Å²) in [5, 5.41) is 10.3. The van der Waals surface area contributed by atoms with Gasteiger partial charge in [-0.2, -0.15) is 0 Å². The van der Waals surface area contributed by atoms with Crippen molar-refractivity contribution in [2.24, 2.45) is 5.73 Å². The molecule has 0 fully saturated rings. The maximum absolute atomic E-state index is 12.3. The van der Waals surface area contributed by atoms with Crippen molar-refractivity contribution in [3.8, 4) is 11.8 Å². The molecule has 0 spiro atoms. The standard InChI is InChI=1S/C14H18N2O3S/c1-2-3-6-16(9-13(15)18)14(19)11-8-12(20-10-11)5-4-7-17/h8,10,17H,2-3,6-7,9H2,1H3,(H2,15,18). The van der Waals surface area contributed by atoms with Gasteiger partial charge in [-0.1, -0.05) is 25.2 Å². The first-order valence-corrected chi connectivity index (χ1v) is 7.22. The van der Waals surface area contributed by atoms with E-state index in [0.29, 0.717) is 17.0 Å². The van der Waals surface area contributed by atoms with Crippen LogP contribution < -0.4 is 5.73 Å². The summed E-state index contributed by atoms with van der Waals surface area (Å²) in [7, 11) is 0. The molecule has 108 valence electrons. The van der Waals surface area contributed by atoms with E-state index in [1.54, 1.807) is 11.4 Å². The minimum absolute atomic E-state index is 0.0771. The third-order valence-corrected chi connectivity index (χ3v) is 3.40. The normalized spacial score (nSPS) is 9.70. The van der Waals surface area contributed by atoms with Crippen molar-refractivity contribution >= 4 is 23.2 Å². The summed E-state index contributed by atoms with van der Waals surface area (Å²) in [6.45, 7) is 2.23. The SMILES string of the molecule is CCCCN(CC(N)=O)C(=O)c1csc(C#CCO)c1. The van der Waals surface area contributed by atoms with Gasteiger partial charge in [0, 0.05) is 11.9 Å². The molecule has 1 rings (SSSR count). The van der Waals surface area contributed by atoms with Crippen LogP contribution in [0.5, 0.6) is 0 Å². The topological polar surface area (TPSA) is 83.6 Å². The highest BCUT2D eigenvalue weighted by Gasteiger charge is 2.18. The molecule has 0 unspecified atom stereocenters. The van der Waals surface area contributed by atoms with E-state index in [1.165, 1.54) is 16.2 Å². The minimum Gasteiger partial charge on any atom is -0.384 e. The third kappa shape index (κ3) is 5.03. The number of hydrogen-bond donors (Lipinski definition) is 2. The van der Waals surface area contributed by atoms with Gasteiger partial charge in [-0.15, -0.1) is 11.3 Å². The van der Waals surface area contributed by atoms with Crippen molar-refractivity contribution in [3.63, 3.8) is 0 Å². The van der Waals surface area contributed by atoms with E-state index in [-0.39, 0.29) is 19.1 Å². The van der Waals surface area contributed by atoms with Gasteiger partial charge >= 0.3 is 0 Å². The molecule has 0 aliphatic heterocycles. The lowest BCUT2D eigenvalue weighted by molar-refractivity contribution is -0.118. The molecule has 5 nitrogen and oxygen atoms in total. The molecule has 0 saturated carbocycles.